The highest BCUT2D eigenvalue weighted by Crippen LogP contribution is 2.33. The molecule has 1 aliphatic heterocycles. The van der Waals surface area contributed by atoms with Crippen LogP contribution in [-0.4, -0.2) is 25.0 Å². The molecule has 0 spiro atoms. The third-order valence-electron chi connectivity index (χ3n) is 4.36. The zero-order chi connectivity index (χ0) is 18.0. The van der Waals surface area contributed by atoms with Crippen LogP contribution in [0.5, 0.6) is 5.75 Å². The summed E-state index contributed by atoms with van der Waals surface area (Å²) in [4.78, 5) is 25.8. The normalized spacial score (nSPS) is 16.6. The van der Waals surface area contributed by atoms with Crippen molar-refractivity contribution in [3.8, 4) is 5.75 Å². The molecule has 2 amide bonds. The van der Waals surface area contributed by atoms with Crippen LogP contribution in [0.25, 0.3) is 0 Å². The van der Waals surface area contributed by atoms with Gasteiger partial charge in [0.15, 0.2) is 0 Å². The summed E-state index contributed by atoms with van der Waals surface area (Å²) >= 11 is 0. The van der Waals surface area contributed by atoms with Gasteiger partial charge in [-0.2, -0.15) is 0 Å². The number of amides is 2. The molecule has 1 atom stereocenters. The highest BCUT2D eigenvalue weighted by Gasteiger charge is 2.26. The summed E-state index contributed by atoms with van der Waals surface area (Å²) < 4.78 is 5.29. The van der Waals surface area contributed by atoms with E-state index in [9.17, 15) is 9.59 Å². The molecule has 0 saturated carbocycles. The van der Waals surface area contributed by atoms with Crippen molar-refractivity contribution in [1.82, 2.24) is 0 Å². The van der Waals surface area contributed by atoms with Gasteiger partial charge in [0.1, 0.15) is 5.75 Å². The molecular weight excluding hydrogens is 318 g/mol. The molecule has 0 aliphatic carbocycles. The first kappa shape index (κ1) is 16.8. The number of carbonyl (C=O) groups is 2. The standard InChI is InChI=1S/C19H21N3O3/c1-12-8-18(23)21-16-10-14(19(20)24)6-7-17(16)22(12)11-13-4-3-5-15(9-13)25-2/h3-7,9-10,12H,8,11H2,1-2H3,(H2,20,24)(H,21,23). The number of nitrogens with two attached hydrogens (primary N) is 1. The quantitative estimate of drug-likeness (QED) is 0.896. The highest BCUT2D eigenvalue weighted by atomic mass is 16.5. The molecule has 6 heteroatoms. The zero-order valence-electron chi connectivity index (χ0n) is 14.3. The number of nitrogens with one attached hydrogen (secondary N) is 1. The average molecular weight is 339 g/mol. The first-order chi connectivity index (χ1) is 12.0. The van der Waals surface area contributed by atoms with Crippen molar-refractivity contribution in [1.29, 1.82) is 0 Å². The van der Waals surface area contributed by atoms with Crippen molar-refractivity contribution in [2.75, 3.05) is 17.3 Å². The van der Waals surface area contributed by atoms with Crippen LogP contribution < -0.4 is 20.7 Å². The lowest BCUT2D eigenvalue weighted by Gasteiger charge is -2.30. The van der Waals surface area contributed by atoms with Gasteiger partial charge in [0.05, 0.1) is 18.5 Å². The Hall–Kier alpha value is -3.02. The summed E-state index contributed by atoms with van der Waals surface area (Å²) in [5.41, 5.74) is 8.28. The molecule has 1 unspecified atom stereocenters. The Kier molecular flexibility index (Phi) is 4.61. The van der Waals surface area contributed by atoms with Crippen LogP contribution in [0.4, 0.5) is 11.4 Å². The second-order valence-corrected chi connectivity index (χ2v) is 6.18. The predicted octanol–water partition coefficient (Wildman–Crippen LogP) is 2.53. The van der Waals surface area contributed by atoms with E-state index in [2.05, 4.69) is 10.2 Å². The van der Waals surface area contributed by atoms with Crippen molar-refractivity contribution < 1.29 is 14.3 Å². The van der Waals surface area contributed by atoms with Gasteiger partial charge in [-0.3, -0.25) is 9.59 Å². The molecular formula is C19H21N3O3. The Labute approximate surface area is 146 Å². The van der Waals surface area contributed by atoms with Crippen molar-refractivity contribution in [2.24, 2.45) is 5.73 Å². The lowest BCUT2D eigenvalue weighted by Crippen LogP contribution is -2.33. The van der Waals surface area contributed by atoms with Gasteiger partial charge >= 0.3 is 0 Å². The predicted molar refractivity (Wildman–Crippen MR) is 96.8 cm³/mol. The van der Waals surface area contributed by atoms with Crippen LogP contribution >= 0.6 is 0 Å². The fourth-order valence-electron chi connectivity index (χ4n) is 3.07. The summed E-state index contributed by atoms with van der Waals surface area (Å²) in [6.07, 6.45) is 0.366. The number of hydrogen-bond acceptors (Lipinski definition) is 4. The summed E-state index contributed by atoms with van der Waals surface area (Å²) in [6.45, 7) is 2.63. The van der Waals surface area contributed by atoms with E-state index in [1.54, 1.807) is 19.2 Å². The van der Waals surface area contributed by atoms with Gasteiger partial charge in [0.2, 0.25) is 11.8 Å². The minimum Gasteiger partial charge on any atom is -0.497 e. The molecule has 2 aromatic rings. The number of benzene rings is 2. The van der Waals surface area contributed by atoms with E-state index >= 15 is 0 Å². The van der Waals surface area contributed by atoms with Crippen LogP contribution in [0.2, 0.25) is 0 Å². The largest absolute Gasteiger partial charge is 0.497 e. The lowest BCUT2D eigenvalue weighted by atomic mass is 10.1. The third-order valence-corrected chi connectivity index (χ3v) is 4.36. The minimum absolute atomic E-state index is 0.00637. The molecule has 0 radical (unpaired) electrons. The first-order valence-corrected chi connectivity index (χ1v) is 8.11. The number of rotatable bonds is 4. The summed E-state index contributed by atoms with van der Waals surface area (Å²) in [7, 11) is 1.64. The molecule has 0 fully saturated rings. The van der Waals surface area contributed by atoms with E-state index in [0.29, 0.717) is 24.2 Å². The molecule has 0 aromatic heterocycles. The van der Waals surface area contributed by atoms with Crippen LogP contribution in [0, 0.1) is 0 Å². The van der Waals surface area contributed by atoms with Crippen LogP contribution in [0.3, 0.4) is 0 Å². The zero-order valence-corrected chi connectivity index (χ0v) is 14.3. The monoisotopic (exact) mass is 339 g/mol. The molecule has 3 N–H and O–H groups in total. The maximum Gasteiger partial charge on any atom is 0.248 e. The first-order valence-electron chi connectivity index (χ1n) is 8.11. The van der Waals surface area contributed by atoms with E-state index in [1.165, 1.54) is 0 Å². The number of hydrogen-bond donors (Lipinski definition) is 2. The molecule has 2 aromatic carbocycles. The van der Waals surface area contributed by atoms with Crippen LogP contribution in [0.1, 0.15) is 29.3 Å². The van der Waals surface area contributed by atoms with Gasteiger partial charge < -0.3 is 20.7 Å². The van der Waals surface area contributed by atoms with Gasteiger partial charge in [0.25, 0.3) is 0 Å². The van der Waals surface area contributed by atoms with E-state index in [-0.39, 0.29) is 11.9 Å². The lowest BCUT2D eigenvalue weighted by molar-refractivity contribution is -0.116. The smallest absolute Gasteiger partial charge is 0.248 e. The average Bonchev–Trinajstić information content (AvgIpc) is 2.70. The highest BCUT2D eigenvalue weighted by molar-refractivity contribution is 6.00. The van der Waals surface area contributed by atoms with Crippen LogP contribution in [0.15, 0.2) is 42.5 Å². The Morgan fingerprint density at radius 1 is 1.32 bits per heavy atom. The van der Waals surface area contributed by atoms with E-state index in [1.807, 2.05) is 37.3 Å². The number of anilines is 2. The fraction of sp³-hybridized carbons (Fsp3) is 0.263. The molecule has 0 bridgehead atoms. The van der Waals surface area contributed by atoms with Gasteiger partial charge in [-0.15, -0.1) is 0 Å². The van der Waals surface area contributed by atoms with Gasteiger partial charge in [-0.05, 0) is 42.8 Å². The maximum absolute atomic E-state index is 12.2. The number of nitrogens with zero attached hydrogens (tertiary/aromatic N) is 1. The summed E-state index contributed by atoms with van der Waals surface area (Å²) in [5, 5.41) is 2.87. The Morgan fingerprint density at radius 3 is 2.84 bits per heavy atom. The molecule has 25 heavy (non-hydrogen) atoms. The molecule has 6 nitrogen and oxygen atoms in total. The minimum atomic E-state index is -0.520. The van der Waals surface area contributed by atoms with Crippen LogP contribution in [-0.2, 0) is 11.3 Å². The van der Waals surface area contributed by atoms with Crippen molar-refractivity contribution in [3.63, 3.8) is 0 Å². The second-order valence-electron chi connectivity index (χ2n) is 6.18. The fourth-order valence-corrected chi connectivity index (χ4v) is 3.07. The number of methoxy groups -OCH3 is 1. The molecule has 1 aliphatic rings. The topological polar surface area (TPSA) is 84.7 Å². The van der Waals surface area contributed by atoms with Gasteiger partial charge in [0, 0.05) is 24.6 Å². The Bertz CT molecular complexity index is 819. The van der Waals surface area contributed by atoms with Crippen molar-refractivity contribution in [2.45, 2.75) is 25.9 Å². The Balaban J connectivity index is 2.00. The van der Waals surface area contributed by atoms with E-state index < -0.39 is 5.91 Å². The number of primary amides is 1. The summed E-state index contributed by atoms with van der Waals surface area (Å²) in [5.74, 6) is 0.190. The van der Waals surface area contributed by atoms with Crippen molar-refractivity contribution >= 4 is 23.2 Å². The second kappa shape index (κ2) is 6.84. The number of ether oxygens (including phenoxy) is 1. The molecule has 3 rings (SSSR count). The summed E-state index contributed by atoms with van der Waals surface area (Å²) in [6, 6.07) is 13.0. The number of fused-ring (bicyclic) bond motifs is 1. The van der Waals surface area contributed by atoms with Gasteiger partial charge in [-0.25, -0.2) is 0 Å². The van der Waals surface area contributed by atoms with E-state index in [4.69, 9.17) is 10.5 Å². The van der Waals surface area contributed by atoms with E-state index in [0.717, 1.165) is 17.0 Å². The molecule has 1 heterocycles. The molecule has 0 saturated heterocycles. The maximum atomic E-state index is 12.2. The van der Waals surface area contributed by atoms with Crippen molar-refractivity contribution in [3.05, 3.63) is 53.6 Å². The molecule has 130 valence electrons. The third kappa shape index (κ3) is 3.57. The number of carbonyl (C=O) groups excluding carboxylic acids is 2. The Morgan fingerprint density at radius 2 is 2.12 bits per heavy atom. The SMILES string of the molecule is COc1cccc(CN2c3ccc(C(N)=O)cc3NC(=O)CC2C)c1. The van der Waals surface area contributed by atoms with Gasteiger partial charge in [-0.1, -0.05) is 12.1 Å².